The van der Waals surface area contributed by atoms with E-state index < -0.39 is 12.5 Å². The van der Waals surface area contributed by atoms with Gasteiger partial charge in [-0.3, -0.25) is 4.79 Å². The smallest absolute Gasteiger partial charge is 0.387 e. The number of aromatic nitrogens is 1. The lowest BCUT2D eigenvalue weighted by Crippen LogP contribution is -2.23. The van der Waals surface area contributed by atoms with Gasteiger partial charge in [-0.1, -0.05) is 6.07 Å². The second-order valence-electron chi connectivity index (χ2n) is 5.35. The van der Waals surface area contributed by atoms with Gasteiger partial charge in [0.15, 0.2) is 11.5 Å². The number of alkyl halides is 2. The van der Waals surface area contributed by atoms with Crippen molar-refractivity contribution in [1.82, 2.24) is 10.3 Å². The molecule has 1 heterocycles. The van der Waals surface area contributed by atoms with Gasteiger partial charge >= 0.3 is 6.61 Å². The van der Waals surface area contributed by atoms with Gasteiger partial charge in [0, 0.05) is 32.4 Å². The molecule has 134 valence electrons. The van der Waals surface area contributed by atoms with Crippen LogP contribution in [-0.4, -0.2) is 38.7 Å². The summed E-state index contributed by atoms with van der Waals surface area (Å²) in [6.45, 7) is -2.75. The fourth-order valence-corrected chi connectivity index (χ4v) is 2.08. The average molecular weight is 351 g/mol. The van der Waals surface area contributed by atoms with Crippen LogP contribution in [0.1, 0.15) is 15.9 Å². The van der Waals surface area contributed by atoms with Crippen molar-refractivity contribution in [2.75, 3.05) is 26.1 Å². The number of pyridine rings is 1. The number of hydrogen-bond donors (Lipinski definition) is 1. The largest absolute Gasteiger partial charge is 0.493 e. The van der Waals surface area contributed by atoms with Crippen molar-refractivity contribution < 1.29 is 23.0 Å². The minimum absolute atomic E-state index is 0.125. The first-order chi connectivity index (χ1) is 11.9. The summed E-state index contributed by atoms with van der Waals surface area (Å²) in [7, 11) is 5.09. The molecule has 0 aliphatic heterocycles. The zero-order valence-electron chi connectivity index (χ0n) is 14.1. The summed E-state index contributed by atoms with van der Waals surface area (Å²) in [4.78, 5) is 18.3. The molecule has 1 aromatic heterocycles. The zero-order chi connectivity index (χ0) is 18.4. The van der Waals surface area contributed by atoms with E-state index in [1.807, 2.05) is 31.1 Å². The van der Waals surface area contributed by atoms with Crippen LogP contribution in [0.15, 0.2) is 36.5 Å². The molecule has 0 aliphatic rings. The fraction of sp³-hybridized carbons (Fsp3) is 0.294. The standard InChI is InChI=1S/C17H19F2N3O3/c1-22(2)15-7-4-11(9-20-15)10-21-16(23)12-5-6-13(24-3)14(8-12)25-17(18)19/h4-9,17H,10H2,1-3H3,(H,21,23). The molecule has 1 amide bonds. The molecule has 8 heteroatoms. The molecule has 6 nitrogen and oxygen atoms in total. The number of rotatable bonds is 7. The molecule has 2 rings (SSSR count). The highest BCUT2D eigenvalue weighted by molar-refractivity contribution is 5.94. The Morgan fingerprint density at radius 3 is 2.56 bits per heavy atom. The lowest BCUT2D eigenvalue weighted by atomic mass is 10.2. The summed E-state index contributed by atoms with van der Waals surface area (Å²) in [5, 5.41) is 2.71. The van der Waals surface area contributed by atoms with Crippen LogP contribution in [0.25, 0.3) is 0 Å². The van der Waals surface area contributed by atoms with Crippen LogP contribution in [0.2, 0.25) is 0 Å². The Balaban J connectivity index is 2.05. The van der Waals surface area contributed by atoms with Gasteiger partial charge in [0.1, 0.15) is 5.82 Å². The van der Waals surface area contributed by atoms with Crippen molar-refractivity contribution in [2.45, 2.75) is 13.2 Å². The molecule has 0 radical (unpaired) electrons. The van der Waals surface area contributed by atoms with E-state index in [1.165, 1.54) is 25.3 Å². The van der Waals surface area contributed by atoms with Crippen molar-refractivity contribution in [3.8, 4) is 11.5 Å². The Morgan fingerprint density at radius 1 is 1.24 bits per heavy atom. The monoisotopic (exact) mass is 351 g/mol. The number of nitrogens with one attached hydrogen (secondary N) is 1. The number of nitrogens with zero attached hydrogens (tertiary/aromatic N) is 2. The highest BCUT2D eigenvalue weighted by Crippen LogP contribution is 2.29. The third-order valence-corrected chi connectivity index (χ3v) is 3.36. The second-order valence-corrected chi connectivity index (χ2v) is 5.35. The first kappa shape index (κ1) is 18.4. The van der Waals surface area contributed by atoms with Crippen LogP contribution >= 0.6 is 0 Å². The third kappa shape index (κ3) is 5.03. The number of hydrogen-bond acceptors (Lipinski definition) is 5. The molecule has 0 atom stereocenters. The van der Waals surface area contributed by atoms with Gasteiger partial charge in [0.2, 0.25) is 0 Å². The van der Waals surface area contributed by atoms with E-state index in [-0.39, 0.29) is 23.6 Å². The number of anilines is 1. The predicted octanol–water partition coefficient (Wildman–Crippen LogP) is 2.69. The molecular weight excluding hydrogens is 332 g/mol. The van der Waals surface area contributed by atoms with Gasteiger partial charge in [-0.25, -0.2) is 4.98 Å². The minimum Gasteiger partial charge on any atom is -0.493 e. The van der Waals surface area contributed by atoms with E-state index in [0.29, 0.717) is 0 Å². The van der Waals surface area contributed by atoms with Crippen LogP contribution in [0, 0.1) is 0 Å². The van der Waals surface area contributed by atoms with Crippen molar-refractivity contribution in [3.63, 3.8) is 0 Å². The first-order valence-corrected chi connectivity index (χ1v) is 7.44. The quantitative estimate of drug-likeness (QED) is 0.831. The summed E-state index contributed by atoms with van der Waals surface area (Å²) in [5.74, 6) is 0.319. The molecule has 0 aliphatic carbocycles. The summed E-state index contributed by atoms with van der Waals surface area (Å²) in [5.41, 5.74) is 1.01. The van der Waals surface area contributed by atoms with Gasteiger partial charge in [0.05, 0.1) is 7.11 Å². The Bertz CT molecular complexity index is 722. The van der Waals surface area contributed by atoms with E-state index in [2.05, 4.69) is 15.0 Å². The number of halogens is 2. The van der Waals surface area contributed by atoms with Gasteiger partial charge in [-0.15, -0.1) is 0 Å². The molecule has 1 N–H and O–H groups in total. The molecule has 0 spiro atoms. The fourth-order valence-electron chi connectivity index (χ4n) is 2.08. The number of carbonyl (C=O) groups excluding carboxylic acids is 1. The van der Waals surface area contributed by atoms with Crippen LogP contribution in [-0.2, 0) is 6.54 Å². The molecule has 0 saturated heterocycles. The maximum Gasteiger partial charge on any atom is 0.387 e. The predicted molar refractivity (Wildman–Crippen MR) is 89.4 cm³/mol. The van der Waals surface area contributed by atoms with Gasteiger partial charge < -0.3 is 19.7 Å². The van der Waals surface area contributed by atoms with Gasteiger partial charge in [0.25, 0.3) is 5.91 Å². The van der Waals surface area contributed by atoms with E-state index in [4.69, 9.17) is 4.74 Å². The van der Waals surface area contributed by atoms with Crippen molar-refractivity contribution >= 4 is 11.7 Å². The molecule has 0 fully saturated rings. The normalized spacial score (nSPS) is 10.5. The first-order valence-electron chi connectivity index (χ1n) is 7.44. The van der Waals surface area contributed by atoms with E-state index in [0.717, 1.165) is 11.4 Å². The van der Waals surface area contributed by atoms with Gasteiger partial charge in [-0.05, 0) is 29.8 Å². The number of carbonyl (C=O) groups is 1. The summed E-state index contributed by atoms with van der Waals surface area (Å²) >= 11 is 0. The maximum absolute atomic E-state index is 12.4. The average Bonchev–Trinajstić information content (AvgIpc) is 2.59. The topological polar surface area (TPSA) is 63.7 Å². The molecule has 0 unspecified atom stereocenters. The molecule has 25 heavy (non-hydrogen) atoms. The highest BCUT2D eigenvalue weighted by atomic mass is 19.3. The van der Waals surface area contributed by atoms with Crippen LogP contribution in [0.4, 0.5) is 14.6 Å². The Hall–Kier alpha value is -2.90. The molecular formula is C17H19F2N3O3. The number of benzene rings is 1. The number of amides is 1. The third-order valence-electron chi connectivity index (χ3n) is 3.36. The Labute approximate surface area is 144 Å². The molecule has 1 aromatic carbocycles. The maximum atomic E-state index is 12.4. The second kappa shape index (κ2) is 8.27. The van der Waals surface area contributed by atoms with E-state index in [9.17, 15) is 13.6 Å². The minimum atomic E-state index is -3.01. The lowest BCUT2D eigenvalue weighted by molar-refractivity contribution is -0.0512. The Kier molecular flexibility index (Phi) is 6.10. The molecule has 0 bridgehead atoms. The summed E-state index contributed by atoms with van der Waals surface area (Å²) < 4.78 is 34.2. The summed E-state index contributed by atoms with van der Waals surface area (Å²) in [6.07, 6.45) is 1.66. The van der Waals surface area contributed by atoms with Crippen LogP contribution in [0.5, 0.6) is 11.5 Å². The van der Waals surface area contributed by atoms with Crippen molar-refractivity contribution in [1.29, 1.82) is 0 Å². The van der Waals surface area contributed by atoms with Crippen LogP contribution < -0.4 is 19.7 Å². The van der Waals surface area contributed by atoms with Crippen molar-refractivity contribution in [2.24, 2.45) is 0 Å². The van der Waals surface area contributed by atoms with Crippen molar-refractivity contribution in [3.05, 3.63) is 47.7 Å². The van der Waals surface area contributed by atoms with Crippen LogP contribution in [0.3, 0.4) is 0 Å². The Morgan fingerprint density at radius 2 is 2.00 bits per heavy atom. The molecule has 0 saturated carbocycles. The summed E-state index contributed by atoms with van der Waals surface area (Å²) in [6, 6.07) is 7.78. The number of ether oxygens (including phenoxy) is 2. The molecule has 2 aromatic rings. The number of methoxy groups -OCH3 is 1. The van der Waals surface area contributed by atoms with Gasteiger partial charge in [-0.2, -0.15) is 8.78 Å². The van der Waals surface area contributed by atoms with E-state index in [1.54, 1.807) is 6.20 Å². The van der Waals surface area contributed by atoms with E-state index >= 15 is 0 Å². The SMILES string of the molecule is COc1ccc(C(=O)NCc2ccc(N(C)C)nc2)cc1OC(F)F. The lowest BCUT2D eigenvalue weighted by Gasteiger charge is -2.13. The highest BCUT2D eigenvalue weighted by Gasteiger charge is 2.14. The zero-order valence-corrected chi connectivity index (χ0v) is 14.1.